The molecule has 6 atom stereocenters. The van der Waals surface area contributed by atoms with Crippen LogP contribution in [0, 0.1) is 0 Å². The maximum atomic E-state index is 12.8. The van der Waals surface area contributed by atoms with Crippen molar-refractivity contribution in [1.29, 1.82) is 0 Å². The summed E-state index contributed by atoms with van der Waals surface area (Å²) in [5.74, 6) is 1.47. The van der Waals surface area contributed by atoms with Crippen LogP contribution in [0.3, 0.4) is 0 Å². The molecule has 0 radical (unpaired) electrons. The second-order valence-electron chi connectivity index (χ2n) is 16.0. The van der Waals surface area contributed by atoms with E-state index in [1.165, 1.54) is 0 Å². The fourth-order valence-corrected chi connectivity index (χ4v) is 9.23. The largest absolute Gasteiger partial charge is 0.544 e. The summed E-state index contributed by atoms with van der Waals surface area (Å²) in [6.45, 7) is 4.57. The number of carbonyl (C=O) groups excluding carboxylic acids is 2. The quantitative estimate of drug-likeness (QED) is 0.158. The van der Waals surface area contributed by atoms with Crippen molar-refractivity contribution in [1.82, 2.24) is 0 Å². The van der Waals surface area contributed by atoms with Gasteiger partial charge in [-0.15, -0.1) is 11.6 Å². The molecule has 6 bridgehead atoms. The first kappa shape index (κ1) is 41.0. The Morgan fingerprint density at radius 3 is 1.93 bits per heavy atom. The first-order chi connectivity index (χ1) is 27.8. The van der Waals surface area contributed by atoms with Crippen molar-refractivity contribution in [3.63, 3.8) is 0 Å². The van der Waals surface area contributed by atoms with Gasteiger partial charge in [0.05, 0.1) is 71.9 Å². The SMILES string of the molecule is COc1ccc2cc1Oc1ccc(cc1)CC1c3cc(c(OC)cc3CC[N+]1(C)C(C)C(=O)[O-])Oc1c(OCCCl)c(OC)cc3c1C(C2)[N+](C)(C(C)C(=O)[O-])CC3. The molecule has 58 heavy (non-hydrogen) atoms. The van der Waals surface area contributed by atoms with Crippen LogP contribution in [0.2, 0.25) is 0 Å². The lowest BCUT2D eigenvalue weighted by Crippen LogP contribution is -2.62. The van der Waals surface area contributed by atoms with Crippen LogP contribution in [0.25, 0.3) is 0 Å². The Kier molecular flexibility index (Phi) is 11.5. The summed E-state index contributed by atoms with van der Waals surface area (Å²) in [5.41, 5.74) is 5.47. The number of halogens is 1. The Bertz CT molecular complexity index is 2210. The lowest BCUT2D eigenvalue weighted by Gasteiger charge is -2.50. The molecule has 0 N–H and O–H groups in total. The molecule has 0 aromatic heterocycles. The number of hydrogen-bond acceptors (Lipinski definition) is 10. The summed E-state index contributed by atoms with van der Waals surface area (Å²) < 4.78 is 38.0. The van der Waals surface area contributed by atoms with Gasteiger partial charge in [-0.3, -0.25) is 0 Å². The van der Waals surface area contributed by atoms with Gasteiger partial charge in [-0.05, 0) is 78.6 Å². The van der Waals surface area contributed by atoms with Crippen molar-refractivity contribution in [2.24, 2.45) is 0 Å². The van der Waals surface area contributed by atoms with Crippen molar-refractivity contribution in [2.75, 3.05) is 61.0 Å². The van der Waals surface area contributed by atoms with E-state index in [9.17, 15) is 19.8 Å². The van der Waals surface area contributed by atoms with Crippen LogP contribution in [0.15, 0.2) is 60.7 Å². The van der Waals surface area contributed by atoms with Gasteiger partial charge in [0.25, 0.3) is 0 Å². The van der Waals surface area contributed by atoms with E-state index in [-0.39, 0.29) is 27.5 Å². The zero-order valence-corrected chi connectivity index (χ0v) is 34.9. The third kappa shape index (κ3) is 7.26. The first-order valence-corrected chi connectivity index (χ1v) is 20.2. The molecule has 4 aliphatic rings. The zero-order chi connectivity index (χ0) is 41.5. The predicted molar refractivity (Wildman–Crippen MR) is 213 cm³/mol. The van der Waals surface area contributed by atoms with Gasteiger partial charge in [0, 0.05) is 31.2 Å². The normalized spacial score (nSPS) is 23.1. The fourth-order valence-electron chi connectivity index (χ4n) is 9.16. The van der Waals surface area contributed by atoms with Crippen LogP contribution >= 0.6 is 11.6 Å². The number of alkyl halides is 1. The van der Waals surface area contributed by atoms with Crippen LogP contribution in [0.4, 0.5) is 0 Å². The van der Waals surface area contributed by atoms with Crippen molar-refractivity contribution < 1.29 is 57.2 Å². The lowest BCUT2D eigenvalue weighted by molar-refractivity contribution is -0.956. The van der Waals surface area contributed by atoms with Crippen LogP contribution in [0.1, 0.15) is 59.3 Å². The molecule has 6 unspecified atom stereocenters. The number of rotatable bonds is 10. The highest BCUT2D eigenvalue weighted by molar-refractivity contribution is 6.18. The number of aliphatic carboxylic acids is 2. The number of benzene rings is 4. The fraction of sp³-hybridized carbons (Fsp3) is 0.422. The Morgan fingerprint density at radius 1 is 0.741 bits per heavy atom. The van der Waals surface area contributed by atoms with E-state index in [0.29, 0.717) is 84.8 Å². The van der Waals surface area contributed by atoms with Crippen molar-refractivity contribution in [3.8, 4) is 46.0 Å². The van der Waals surface area contributed by atoms with Crippen molar-refractivity contribution in [2.45, 2.75) is 63.7 Å². The van der Waals surface area contributed by atoms with Crippen LogP contribution < -0.4 is 38.6 Å². The maximum Gasteiger partial charge on any atom is 0.204 e. The van der Waals surface area contributed by atoms with E-state index in [1.54, 1.807) is 35.2 Å². The molecule has 13 heteroatoms. The van der Waals surface area contributed by atoms with Gasteiger partial charge in [-0.2, -0.15) is 0 Å². The molecule has 308 valence electrons. The monoisotopic (exact) mass is 814 g/mol. The Balaban J connectivity index is 1.55. The standard InChI is InChI=1S/C45H51ClN2O10/c1-26(44(49)50)47(3)17-14-30-23-37(54-6)39-25-33(30)34(47)20-28-8-11-32(12-9-28)57-38-22-29(10-13-36(38)53-5)21-35-41-31(15-18-48(35,4)27(2)45(51)52)24-40(55-7)42(43(41)58-39)56-19-16-46/h8-13,22-27,34-35H,14-21H2,1-7H3. The van der Waals surface area contributed by atoms with Crippen LogP contribution in [-0.4, -0.2) is 94.0 Å². The van der Waals surface area contributed by atoms with E-state index in [0.717, 1.165) is 33.4 Å². The second kappa shape index (κ2) is 16.2. The topological polar surface area (TPSA) is 136 Å². The lowest BCUT2D eigenvalue weighted by atomic mass is 9.84. The van der Waals surface area contributed by atoms with E-state index in [4.69, 9.17) is 40.0 Å². The minimum absolute atomic E-state index is 0.0942. The second-order valence-corrected chi connectivity index (χ2v) is 16.3. The molecular formula is C45H51ClN2O10. The van der Waals surface area contributed by atoms with Gasteiger partial charge >= 0.3 is 0 Å². The highest BCUT2D eigenvalue weighted by atomic mass is 35.5. The maximum absolute atomic E-state index is 12.8. The number of hydrogen-bond donors (Lipinski definition) is 0. The molecule has 8 rings (SSSR count). The van der Waals surface area contributed by atoms with Gasteiger partial charge in [-0.25, -0.2) is 0 Å². The van der Waals surface area contributed by atoms with E-state index in [2.05, 4.69) is 0 Å². The summed E-state index contributed by atoms with van der Waals surface area (Å²) >= 11 is 6.22. The Morgan fingerprint density at radius 2 is 1.31 bits per heavy atom. The number of quaternary nitrogens is 2. The molecule has 0 aliphatic carbocycles. The number of ether oxygens (including phenoxy) is 6. The number of carboxylic acids is 2. The van der Waals surface area contributed by atoms with Crippen molar-refractivity contribution in [3.05, 3.63) is 94.0 Å². The highest BCUT2D eigenvalue weighted by Crippen LogP contribution is 2.54. The molecule has 4 heterocycles. The molecule has 0 saturated heterocycles. The molecule has 0 amide bonds. The van der Waals surface area contributed by atoms with Crippen molar-refractivity contribution >= 4 is 23.5 Å². The Labute approximate surface area is 344 Å². The van der Waals surface area contributed by atoms with Gasteiger partial charge in [0.1, 0.15) is 36.5 Å². The number of methoxy groups -OCH3 is 3. The Hall–Kier alpha value is -5.17. The smallest absolute Gasteiger partial charge is 0.204 e. The minimum Gasteiger partial charge on any atom is -0.544 e. The van der Waals surface area contributed by atoms with Gasteiger partial charge < -0.3 is 57.2 Å². The summed E-state index contributed by atoms with van der Waals surface area (Å²) in [6.07, 6.45) is 1.98. The average molecular weight is 815 g/mol. The van der Waals surface area contributed by atoms with Gasteiger partial charge in [0.2, 0.25) is 5.75 Å². The minimum atomic E-state index is -1.17. The van der Waals surface area contributed by atoms with E-state index < -0.39 is 30.1 Å². The number of likely N-dealkylation sites (N-methyl/N-ethyl adjacent to an activating group) is 2. The average Bonchev–Trinajstić information content (AvgIpc) is 3.21. The van der Waals surface area contributed by atoms with E-state index in [1.807, 2.05) is 74.8 Å². The highest BCUT2D eigenvalue weighted by Gasteiger charge is 2.48. The first-order valence-electron chi connectivity index (χ1n) is 19.6. The molecule has 0 fully saturated rings. The number of carboxylic acid groups (broad SMARTS) is 2. The van der Waals surface area contributed by atoms with Gasteiger partial charge in [-0.1, -0.05) is 18.2 Å². The molecule has 0 saturated carbocycles. The summed E-state index contributed by atoms with van der Waals surface area (Å²) in [4.78, 5) is 25.4. The number of carbonyl (C=O) groups is 2. The third-order valence-electron chi connectivity index (χ3n) is 13.0. The molecule has 12 nitrogen and oxygen atoms in total. The third-order valence-corrected chi connectivity index (χ3v) is 13.2. The zero-order valence-electron chi connectivity index (χ0n) is 34.1. The number of nitrogens with zero attached hydrogens (tertiary/aromatic N) is 2. The predicted octanol–water partition coefficient (Wildman–Crippen LogP) is 5.08. The summed E-state index contributed by atoms with van der Waals surface area (Å²) in [7, 11) is 8.65. The number of fused-ring (bicyclic) bond motifs is 2. The summed E-state index contributed by atoms with van der Waals surface area (Å²) in [6, 6.07) is 16.8. The van der Waals surface area contributed by atoms with E-state index >= 15 is 0 Å². The summed E-state index contributed by atoms with van der Waals surface area (Å²) in [5, 5.41) is 25.4. The molecular weight excluding hydrogens is 764 g/mol. The molecule has 4 aromatic rings. The van der Waals surface area contributed by atoms with Crippen LogP contribution in [0.5, 0.6) is 46.0 Å². The molecule has 0 spiro atoms. The molecule has 4 aromatic carbocycles. The van der Waals surface area contributed by atoms with Crippen LogP contribution in [-0.2, 0) is 35.3 Å². The van der Waals surface area contributed by atoms with Gasteiger partial charge in [0.15, 0.2) is 34.5 Å². The molecule has 4 aliphatic heterocycles.